The van der Waals surface area contributed by atoms with Crippen molar-refractivity contribution in [3.63, 3.8) is 0 Å². The second kappa shape index (κ2) is 18.8. The lowest BCUT2D eigenvalue weighted by Gasteiger charge is -2.07. The maximum Gasteiger partial charge on any atom is 0.220 e. The highest BCUT2D eigenvalue weighted by Gasteiger charge is 2.02. The molecule has 0 heterocycles. The first-order valence-electron chi connectivity index (χ1n) is 10.9. The Morgan fingerprint density at radius 3 is 1.54 bits per heavy atom. The molecule has 1 amide bonds. The van der Waals surface area contributed by atoms with Crippen molar-refractivity contribution >= 4 is 5.91 Å². The molecule has 0 aromatic rings. The van der Waals surface area contributed by atoms with Crippen molar-refractivity contribution in [2.24, 2.45) is 5.92 Å². The maximum absolute atomic E-state index is 11.6. The van der Waals surface area contributed by atoms with Gasteiger partial charge in [-0.15, -0.1) is 0 Å². The van der Waals surface area contributed by atoms with Crippen LogP contribution in [0.3, 0.4) is 0 Å². The molecular formula is C22H45NO. The topological polar surface area (TPSA) is 29.1 Å². The van der Waals surface area contributed by atoms with Crippen LogP contribution in [0.1, 0.15) is 124 Å². The van der Waals surface area contributed by atoms with Crippen LogP contribution in [0.5, 0.6) is 0 Å². The molecule has 1 N–H and O–H groups in total. The largest absolute Gasteiger partial charge is 0.356 e. The van der Waals surface area contributed by atoms with E-state index in [4.69, 9.17) is 0 Å². The minimum atomic E-state index is 0.235. The third-order valence-corrected chi connectivity index (χ3v) is 4.80. The number of hydrogen-bond donors (Lipinski definition) is 1. The first kappa shape index (κ1) is 23.5. The molecule has 0 radical (unpaired) electrons. The minimum absolute atomic E-state index is 0.235. The molecule has 0 aliphatic carbocycles. The summed E-state index contributed by atoms with van der Waals surface area (Å²) in [6.45, 7) is 7.49. The Labute approximate surface area is 152 Å². The van der Waals surface area contributed by atoms with Crippen LogP contribution in [0.4, 0.5) is 0 Å². The molecule has 0 spiro atoms. The summed E-state index contributed by atoms with van der Waals surface area (Å²) in [5, 5.41) is 3.04. The SMILES string of the molecule is CCCCCCCCCCCCCCCCNC(=O)CCC(C)C. The predicted molar refractivity (Wildman–Crippen MR) is 107 cm³/mol. The van der Waals surface area contributed by atoms with Crippen molar-refractivity contribution in [1.29, 1.82) is 0 Å². The lowest BCUT2D eigenvalue weighted by molar-refractivity contribution is -0.121. The Bertz CT molecular complexity index is 263. The molecule has 0 aromatic heterocycles. The molecule has 0 saturated heterocycles. The Morgan fingerprint density at radius 2 is 1.12 bits per heavy atom. The summed E-state index contributed by atoms with van der Waals surface area (Å²) in [5.41, 5.74) is 0. The fraction of sp³-hybridized carbons (Fsp3) is 0.955. The van der Waals surface area contributed by atoms with Gasteiger partial charge in [-0.3, -0.25) is 4.79 Å². The number of rotatable bonds is 18. The van der Waals surface area contributed by atoms with E-state index in [1.54, 1.807) is 0 Å². The van der Waals surface area contributed by atoms with Gasteiger partial charge in [-0.2, -0.15) is 0 Å². The van der Waals surface area contributed by atoms with Gasteiger partial charge in [-0.1, -0.05) is 104 Å². The van der Waals surface area contributed by atoms with Crippen LogP contribution in [0, 0.1) is 5.92 Å². The van der Waals surface area contributed by atoms with Crippen LogP contribution in [0.15, 0.2) is 0 Å². The van der Waals surface area contributed by atoms with Crippen LogP contribution in [0.25, 0.3) is 0 Å². The van der Waals surface area contributed by atoms with Gasteiger partial charge in [0.15, 0.2) is 0 Å². The van der Waals surface area contributed by atoms with Crippen LogP contribution < -0.4 is 5.32 Å². The molecule has 0 fully saturated rings. The molecule has 0 unspecified atom stereocenters. The highest BCUT2D eigenvalue weighted by molar-refractivity contribution is 5.75. The van der Waals surface area contributed by atoms with Crippen LogP contribution in [-0.2, 0) is 4.79 Å². The average Bonchev–Trinajstić information content (AvgIpc) is 2.56. The average molecular weight is 340 g/mol. The molecule has 144 valence electrons. The van der Waals surface area contributed by atoms with Crippen molar-refractivity contribution in [2.75, 3.05) is 6.54 Å². The van der Waals surface area contributed by atoms with Gasteiger partial charge in [0.25, 0.3) is 0 Å². The van der Waals surface area contributed by atoms with Crippen molar-refractivity contribution in [3.8, 4) is 0 Å². The van der Waals surface area contributed by atoms with Crippen molar-refractivity contribution < 1.29 is 4.79 Å². The Hall–Kier alpha value is -0.530. The summed E-state index contributed by atoms with van der Waals surface area (Å²) < 4.78 is 0. The van der Waals surface area contributed by atoms with Gasteiger partial charge < -0.3 is 5.32 Å². The van der Waals surface area contributed by atoms with Gasteiger partial charge in [-0.25, -0.2) is 0 Å². The molecule has 0 saturated carbocycles. The van der Waals surface area contributed by atoms with Crippen LogP contribution in [0.2, 0.25) is 0 Å². The van der Waals surface area contributed by atoms with E-state index in [2.05, 4.69) is 26.1 Å². The fourth-order valence-electron chi connectivity index (χ4n) is 3.06. The maximum atomic E-state index is 11.6. The summed E-state index contributed by atoms with van der Waals surface area (Å²) >= 11 is 0. The van der Waals surface area contributed by atoms with Crippen LogP contribution >= 0.6 is 0 Å². The van der Waals surface area contributed by atoms with Gasteiger partial charge in [0, 0.05) is 13.0 Å². The van der Waals surface area contributed by atoms with Crippen molar-refractivity contribution in [1.82, 2.24) is 5.32 Å². The predicted octanol–water partition coefficient (Wildman–Crippen LogP) is 7.02. The van der Waals surface area contributed by atoms with Crippen LogP contribution in [-0.4, -0.2) is 12.5 Å². The third-order valence-electron chi connectivity index (χ3n) is 4.80. The number of carbonyl (C=O) groups excluding carboxylic acids is 1. The fourth-order valence-corrected chi connectivity index (χ4v) is 3.06. The van der Waals surface area contributed by atoms with Gasteiger partial charge in [0.05, 0.1) is 0 Å². The highest BCUT2D eigenvalue weighted by atomic mass is 16.1. The second-order valence-corrected chi connectivity index (χ2v) is 7.88. The molecule has 0 aliphatic heterocycles. The Balaban J connectivity index is 3.08. The van der Waals surface area contributed by atoms with E-state index in [1.165, 1.54) is 83.5 Å². The van der Waals surface area contributed by atoms with E-state index >= 15 is 0 Å². The molecule has 2 heteroatoms. The number of unbranched alkanes of at least 4 members (excludes halogenated alkanes) is 13. The molecule has 24 heavy (non-hydrogen) atoms. The first-order chi connectivity index (χ1) is 11.7. The lowest BCUT2D eigenvalue weighted by Crippen LogP contribution is -2.24. The summed E-state index contributed by atoms with van der Waals surface area (Å²) in [6, 6.07) is 0. The molecule has 0 aliphatic rings. The summed E-state index contributed by atoms with van der Waals surface area (Å²) in [5.74, 6) is 0.857. The quantitative estimate of drug-likeness (QED) is 0.267. The normalized spacial score (nSPS) is 11.2. The zero-order valence-electron chi connectivity index (χ0n) is 17.0. The lowest BCUT2D eigenvalue weighted by atomic mass is 10.0. The number of amides is 1. The minimum Gasteiger partial charge on any atom is -0.356 e. The zero-order valence-corrected chi connectivity index (χ0v) is 17.0. The second-order valence-electron chi connectivity index (χ2n) is 7.88. The highest BCUT2D eigenvalue weighted by Crippen LogP contribution is 2.12. The van der Waals surface area contributed by atoms with Gasteiger partial charge >= 0.3 is 0 Å². The van der Waals surface area contributed by atoms with Gasteiger partial charge in [0.2, 0.25) is 5.91 Å². The van der Waals surface area contributed by atoms with E-state index in [9.17, 15) is 4.79 Å². The van der Waals surface area contributed by atoms with E-state index in [-0.39, 0.29) is 5.91 Å². The van der Waals surface area contributed by atoms with E-state index in [1.807, 2.05) is 0 Å². The molecule has 0 atom stereocenters. The molecule has 0 bridgehead atoms. The van der Waals surface area contributed by atoms with E-state index < -0.39 is 0 Å². The molecule has 0 rings (SSSR count). The zero-order chi connectivity index (χ0) is 17.9. The summed E-state index contributed by atoms with van der Waals surface area (Å²) in [7, 11) is 0. The Morgan fingerprint density at radius 1 is 0.708 bits per heavy atom. The number of hydrogen-bond acceptors (Lipinski definition) is 1. The first-order valence-corrected chi connectivity index (χ1v) is 10.9. The standard InChI is InChI=1S/C22H45NO/c1-4-5-6-7-8-9-10-11-12-13-14-15-16-17-20-23-22(24)19-18-21(2)3/h21H,4-20H2,1-3H3,(H,23,24). The molecule has 0 aromatic carbocycles. The van der Waals surface area contributed by atoms with Gasteiger partial charge in [-0.05, 0) is 18.8 Å². The number of nitrogens with one attached hydrogen (secondary N) is 1. The van der Waals surface area contributed by atoms with Gasteiger partial charge in [0.1, 0.15) is 0 Å². The summed E-state index contributed by atoms with van der Waals surface area (Å²) in [6.07, 6.45) is 21.0. The van der Waals surface area contributed by atoms with Crippen molar-refractivity contribution in [3.05, 3.63) is 0 Å². The molecule has 2 nitrogen and oxygen atoms in total. The van der Waals surface area contributed by atoms with E-state index in [0.717, 1.165) is 19.4 Å². The smallest absolute Gasteiger partial charge is 0.220 e. The van der Waals surface area contributed by atoms with Crippen molar-refractivity contribution in [2.45, 2.75) is 124 Å². The summed E-state index contributed by atoms with van der Waals surface area (Å²) in [4.78, 5) is 11.6. The Kier molecular flexibility index (Phi) is 18.4. The monoisotopic (exact) mass is 339 g/mol. The molecular weight excluding hydrogens is 294 g/mol. The van der Waals surface area contributed by atoms with E-state index in [0.29, 0.717) is 12.3 Å². The third kappa shape index (κ3) is 19.5. The number of carbonyl (C=O) groups is 1.